The smallest absolute Gasteiger partial charge is 0.261 e. The molecule has 2 rings (SSSR count). The number of rotatable bonds is 4. The predicted molar refractivity (Wildman–Crippen MR) is 78.4 cm³/mol. The van der Waals surface area contributed by atoms with E-state index >= 15 is 0 Å². The molecular weight excluding hydrogens is 260 g/mol. The number of aromatic nitrogens is 3. The van der Waals surface area contributed by atoms with Crippen molar-refractivity contribution in [1.82, 2.24) is 14.8 Å². The average molecular weight is 278 g/mol. The zero-order chi connectivity index (χ0) is 14.0. The first kappa shape index (κ1) is 13.7. The van der Waals surface area contributed by atoms with Gasteiger partial charge in [-0.05, 0) is 24.5 Å². The second-order valence-corrected chi connectivity index (χ2v) is 5.74. The molecule has 19 heavy (non-hydrogen) atoms. The van der Waals surface area contributed by atoms with Crippen molar-refractivity contribution in [3.63, 3.8) is 0 Å². The lowest BCUT2D eigenvalue weighted by molar-refractivity contribution is 0.597. The van der Waals surface area contributed by atoms with Crippen LogP contribution in [-0.4, -0.2) is 14.8 Å². The van der Waals surface area contributed by atoms with Crippen LogP contribution in [0.5, 0.6) is 0 Å². The lowest BCUT2D eigenvalue weighted by Gasteiger charge is -2.15. The summed E-state index contributed by atoms with van der Waals surface area (Å²) in [6.07, 6.45) is 0.918. The van der Waals surface area contributed by atoms with Crippen LogP contribution in [0.4, 0.5) is 5.13 Å². The summed E-state index contributed by atoms with van der Waals surface area (Å²) >= 11 is 1.24. The summed E-state index contributed by atoms with van der Waals surface area (Å²) in [5.41, 5.74) is 7.19. The number of nitrogens with two attached hydrogens (primary N) is 1. The first-order chi connectivity index (χ1) is 9.04. The Morgan fingerprint density at radius 1 is 1.37 bits per heavy atom. The highest BCUT2D eigenvalue weighted by atomic mass is 32.1. The predicted octanol–water partition coefficient (Wildman–Crippen LogP) is 2.48. The lowest BCUT2D eigenvalue weighted by atomic mass is 10.1. The van der Waals surface area contributed by atoms with Gasteiger partial charge in [0.15, 0.2) is 5.01 Å². The second kappa shape index (κ2) is 5.52. The van der Waals surface area contributed by atoms with E-state index in [9.17, 15) is 4.79 Å². The van der Waals surface area contributed by atoms with Crippen LogP contribution in [0.15, 0.2) is 16.9 Å². The summed E-state index contributed by atoms with van der Waals surface area (Å²) in [6.45, 7) is 6.95. The molecule has 0 fully saturated rings. The molecule has 0 saturated carbocycles. The molecule has 102 valence electrons. The molecule has 0 aliphatic heterocycles. The van der Waals surface area contributed by atoms with E-state index in [1.807, 2.05) is 16.7 Å². The van der Waals surface area contributed by atoms with Gasteiger partial charge in [0.05, 0.1) is 5.56 Å². The lowest BCUT2D eigenvalue weighted by Crippen LogP contribution is -2.25. The molecule has 0 unspecified atom stereocenters. The third-order valence-corrected chi connectivity index (χ3v) is 3.70. The molecule has 2 N–H and O–H groups in total. The Morgan fingerprint density at radius 2 is 2.11 bits per heavy atom. The molecule has 2 aromatic rings. The van der Waals surface area contributed by atoms with Gasteiger partial charge < -0.3 is 10.3 Å². The van der Waals surface area contributed by atoms with Crippen molar-refractivity contribution in [3.8, 4) is 10.6 Å². The Bertz CT molecular complexity index is 630. The molecule has 0 bridgehead atoms. The molecule has 0 aromatic carbocycles. The van der Waals surface area contributed by atoms with Gasteiger partial charge >= 0.3 is 0 Å². The number of pyridine rings is 1. The van der Waals surface area contributed by atoms with Crippen LogP contribution in [0.25, 0.3) is 10.6 Å². The number of anilines is 1. The molecule has 5 nitrogen and oxygen atoms in total. The molecule has 6 heteroatoms. The van der Waals surface area contributed by atoms with E-state index in [1.54, 1.807) is 0 Å². The molecule has 2 aromatic heterocycles. The van der Waals surface area contributed by atoms with Crippen molar-refractivity contribution in [2.24, 2.45) is 0 Å². The van der Waals surface area contributed by atoms with Crippen LogP contribution in [-0.2, 0) is 6.54 Å². The summed E-state index contributed by atoms with van der Waals surface area (Å²) in [7, 11) is 0. The Morgan fingerprint density at radius 3 is 2.63 bits per heavy atom. The molecule has 0 aliphatic carbocycles. The van der Waals surface area contributed by atoms with Crippen molar-refractivity contribution in [2.75, 3.05) is 5.73 Å². The normalized spacial score (nSPS) is 11.2. The van der Waals surface area contributed by atoms with Crippen molar-refractivity contribution in [1.29, 1.82) is 0 Å². The summed E-state index contributed by atoms with van der Waals surface area (Å²) in [6, 6.07) is 3.82. The molecule has 0 spiro atoms. The topological polar surface area (TPSA) is 73.8 Å². The summed E-state index contributed by atoms with van der Waals surface area (Å²) in [4.78, 5) is 12.6. The Labute approximate surface area is 116 Å². The van der Waals surface area contributed by atoms with E-state index in [-0.39, 0.29) is 5.56 Å². The van der Waals surface area contributed by atoms with Crippen LogP contribution in [0.3, 0.4) is 0 Å². The monoisotopic (exact) mass is 278 g/mol. The molecular formula is C13H18N4OS. The minimum atomic E-state index is -0.01000. The highest BCUT2D eigenvalue weighted by Crippen LogP contribution is 2.23. The minimum Gasteiger partial charge on any atom is -0.374 e. The summed E-state index contributed by atoms with van der Waals surface area (Å²) in [5, 5.41) is 8.68. The van der Waals surface area contributed by atoms with Crippen LogP contribution in [0, 0.1) is 0 Å². The van der Waals surface area contributed by atoms with Gasteiger partial charge in [0.25, 0.3) is 5.56 Å². The number of nitrogens with zero attached hydrogens (tertiary/aromatic N) is 3. The first-order valence-electron chi connectivity index (χ1n) is 6.37. The zero-order valence-electron chi connectivity index (χ0n) is 11.4. The van der Waals surface area contributed by atoms with Gasteiger partial charge in [0.1, 0.15) is 0 Å². The number of nitrogen functional groups attached to an aromatic ring is 1. The third-order valence-electron chi connectivity index (χ3n) is 2.92. The molecule has 0 amide bonds. The summed E-state index contributed by atoms with van der Waals surface area (Å²) < 4.78 is 1.83. The van der Waals surface area contributed by atoms with E-state index in [0.717, 1.165) is 12.1 Å². The Hall–Kier alpha value is -1.69. The highest BCUT2D eigenvalue weighted by molar-refractivity contribution is 7.18. The van der Waals surface area contributed by atoms with Crippen molar-refractivity contribution in [2.45, 2.75) is 39.7 Å². The zero-order valence-corrected chi connectivity index (χ0v) is 12.2. The number of hydrogen-bond acceptors (Lipinski definition) is 5. The van der Waals surface area contributed by atoms with Gasteiger partial charge in [-0.1, -0.05) is 32.1 Å². The highest BCUT2D eigenvalue weighted by Gasteiger charge is 2.14. The Balaban J connectivity index is 2.59. The SMILES string of the molecule is CCCn1c(C(C)C)ccc(-c2nnc(N)s2)c1=O. The van der Waals surface area contributed by atoms with Gasteiger partial charge in [-0.25, -0.2) is 0 Å². The second-order valence-electron chi connectivity index (χ2n) is 4.73. The van der Waals surface area contributed by atoms with Crippen LogP contribution >= 0.6 is 11.3 Å². The van der Waals surface area contributed by atoms with Gasteiger partial charge in [0.2, 0.25) is 5.13 Å². The maximum absolute atomic E-state index is 12.6. The quantitative estimate of drug-likeness (QED) is 0.932. The van der Waals surface area contributed by atoms with E-state index in [4.69, 9.17) is 5.73 Å². The Kier molecular flexibility index (Phi) is 3.99. The van der Waals surface area contributed by atoms with E-state index < -0.39 is 0 Å². The number of hydrogen-bond donors (Lipinski definition) is 1. The molecule has 0 aliphatic rings. The fourth-order valence-electron chi connectivity index (χ4n) is 2.06. The van der Waals surface area contributed by atoms with Gasteiger partial charge in [0, 0.05) is 12.2 Å². The van der Waals surface area contributed by atoms with Crippen molar-refractivity contribution in [3.05, 3.63) is 28.2 Å². The molecule has 0 radical (unpaired) electrons. The molecule has 0 saturated heterocycles. The molecule has 2 heterocycles. The first-order valence-corrected chi connectivity index (χ1v) is 7.19. The van der Waals surface area contributed by atoms with E-state index in [2.05, 4.69) is 31.0 Å². The van der Waals surface area contributed by atoms with Crippen LogP contribution < -0.4 is 11.3 Å². The standard InChI is InChI=1S/C13H18N4OS/c1-4-7-17-10(8(2)3)6-5-9(12(17)18)11-15-16-13(14)19-11/h5-6,8H,4,7H2,1-3H3,(H2,14,16). The van der Waals surface area contributed by atoms with Crippen LogP contribution in [0.2, 0.25) is 0 Å². The fourth-order valence-corrected chi connectivity index (χ4v) is 2.68. The largest absolute Gasteiger partial charge is 0.374 e. The van der Waals surface area contributed by atoms with Gasteiger partial charge in [-0.2, -0.15) is 0 Å². The van der Waals surface area contributed by atoms with E-state index in [1.165, 1.54) is 11.3 Å². The van der Waals surface area contributed by atoms with Gasteiger partial charge in [-0.3, -0.25) is 4.79 Å². The minimum absolute atomic E-state index is 0.01000. The maximum Gasteiger partial charge on any atom is 0.261 e. The van der Waals surface area contributed by atoms with Crippen LogP contribution in [0.1, 0.15) is 38.8 Å². The molecule has 0 atom stereocenters. The fraction of sp³-hybridized carbons (Fsp3) is 0.462. The van der Waals surface area contributed by atoms with Gasteiger partial charge in [-0.15, -0.1) is 10.2 Å². The average Bonchev–Trinajstić information content (AvgIpc) is 2.78. The van der Waals surface area contributed by atoms with E-state index in [0.29, 0.717) is 28.2 Å². The third kappa shape index (κ3) is 2.68. The van der Waals surface area contributed by atoms with Crippen molar-refractivity contribution < 1.29 is 0 Å². The summed E-state index contributed by atoms with van der Waals surface area (Å²) in [5.74, 6) is 0.313. The maximum atomic E-state index is 12.6. The van der Waals surface area contributed by atoms with Crippen molar-refractivity contribution >= 4 is 16.5 Å².